The lowest BCUT2D eigenvalue weighted by Crippen LogP contribution is -2.48. The Morgan fingerprint density at radius 3 is 2.62 bits per heavy atom. The largest absolute Gasteiger partial charge is 0.381 e. The number of hydrogen-bond acceptors (Lipinski definition) is 4. The van der Waals surface area contributed by atoms with Crippen LogP contribution in [0.3, 0.4) is 0 Å². The Balaban J connectivity index is 0.00000128. The van der Waals surface area contributed by atoms with Gasteiger partial charge in [-0.2, -0.15) is 0 Å². The smallest absolute Gasteiger partial charge is 0.240 e. The Morgan fingerprint density at radius 2 is 2.12 bits per heavy atom. The molecule has 0 aromatic carbocycles. The first-order valence-corrected chi connectivity index (χ1v) is 6.59. The number of hydrogen-bond donors (Lipinski definition) is 1. The molecule has 1 N–H and O–H groups in total. The molecule has 94 valence electrons. The van der Waals surface area contributed by atoms with E-state index in [2.05, 4.69) is 5.32 Å². The molecule has 0 spiro atoms. The lowest BCUT2D eigenvalue weighted by atomic mass is 10.1. The Morgan fingerprint density at radius 1 is 1.44 bits per heavy atom. The summed E-state index contributed by atoms with van der Waals surface area (Å²) in [5, 5.41) is 3.22. The Bertz CT molecular complexity index is 229. The number of rotatable bonds is 2. The second-order valence-corrected chi connectivity index (χ2v) is 5.06. The number of nitrogens with zero attached hydrogens (tertiary/aromatic N) is 1. The fourth-order valence-corrected chi connectivity index (χ4v) is 3.02. The normalized spacial score (nSPS) is 26.6. The van der Waals surface area contributed by atoms with E-state index in [4.69, 9.17) is 4.74 Å². The minimum Gasteiger partial charge on any atom is -0.381 e. The summed E-state index contributed by atoms with van der Waals surface area (Å²) in [6.07, 6.45) is 2.30. The van der Waals surface area contributed by atoms with Crippen molar-refractivity contribution in [1.29, 1.82) is 0 Å². The van der Waals surface area contributed by atoms with Gasteiger partial charge in [0.2, 0.25) is 5.91 Å². The monoisotopic (exact) mass is 266 g/mol. The number of halogens is 1. The minimum atomic E-state index is 0. The number of nitrogens with one attached hydrogen (secondary N) is 1. The van der Waals surface area contributed by atoms with E-state index in [-0.39, 0.29) is 24.4 Å². The van der Waals surface area contributed by atoms with Crippen molar-refractivity contribution in [2.45, 2.75) is 25.0 Å². The van der Waals surface area contributed by atoms with Crippen LogP contribution in [0.5, 0.6) is 0 Å². The van der Waals surface area contributed by atoms with Crippen molar-refractivity contribution < 1.29 is 9.53 Å². The molecule has 2 saturated heterocycles. The molecule has 0 aliphatic carbocycles. The Labute approximate surface area is 107 Å². The third kappa shape index (κ3) is 3.26. The number of ether oxygens (including phenoxy) is 1. The van der Waals surface area contributed by atoms with Gasteiger partial charge in [0.1, 0.15) is 0 Å². The minimum absolute atomic E-state index is 0. The summed E-state index contributed by atoms with van der Waals surface area (Å²) in [7, 11) is 1.75. The zero-order chi connectivity index (χ0) is 10.7. The first kappa shape index (κ1) is 14.1. The molecular weight excluding hydrogens is 248 g/mol. The molecule has 2 rings (SSSR count). The molecule has 0 radical (unpaired) electrons. The summed E-state index contributed by atoms with van der Waals surface area (Å²) in [5.74, 6) is 2.10. The third-order valence-electron chi connectivity index (χ3n) is 3.10. The van der Waals surface area contributed by atoms with Gasteiger partial charge in [0.05, 0.1) is 12.1 Å². The van der Waals surface area contributed by atoms with Gasteiger partial charge in [-0.3, -0.25) is 10.1 Å². The van der Waals surface area contributed by atoms with E-state index in [9.17, 15) is 4.79 Å². The van der Waals surface area contributed by atoms with Crippen LogP contribution in [-0.2, 0) is 9.53 Å². The van der Waals surface area contributed by atoms with Crippen LogP contribution in [0.2, 0.25) is 0 Å². The average molecular weight is 267 g/mol. The number of piperidine rings is 1. The van der Waals surface area contributed by atoms with E-state index >= 15 is 0 Å². The number of carbonyl (C=O) groups excluding carboxylic acids is 1. The maximum absolute atomic E-state index is 12.0. The van der Waals surface area contributed by atoms with Crippen LogP contribution in [0.4, 0.5) is 0 Å². The van der Waals surface area contributed by atoms with Crippen LogP contribution in [0.1, 0.15) is 12.8 Å². The maximum atomic E-state index is 12.0. The van der Waals surface area contributed by atoms with Crippen LogP contribution in [0, 0.1) is 0 Å². The van der Waals surface area contributed by atoms with Gasteiger partial charge in [0.15, 0.2) is 0 Å². The topological polar surface area (TPSA) is 41.6 Å². The highest BCUT2D eigenvalue weighted by Crippen LogP contribution is 2.17. The molecule has 1 atom stereocenters. The SMILES string of the molecule is COC1CCN(C(=O)C2CSCN2)CC1.Cl. The second kappa shape index (κ2) is 6.69. The second-order valence-electron chi connectivity index (χ2n) is 4.03. The van der Waals surface area contributed by atoms with Crippen molar-refractivity contribution in [3.8, 4) is 0 Å². The molecule has 1 amide bonds. The summed E-state index contributed by atoms with van der Waals surface area (Å²) in [5.41, 5.74) is 0. The van der Waals surface area contributed by atoms with Gasteiger partial charge in [-0.05, 0) is 12.8 Å². The van der Waals surface area contributed by atoms with Crippen LogP contribution >= 0.6 is 24.2 Å². The van der Waals surface area contributed by atoms with Gasteiger partial charge in [-0.15, -0.1) is 24.2 Å². The van der Waals surface area contributed by atoms with Gasteiger partial charge in [0.25, 0.3) is 0 Å². The van der Waals surface area contributed by atoms with Crippen molar-refractivity contribution in [2.24, 2.45) is 0 Å². The number of likely N-dealkylation sites (tertiary alicyclic amines) is 1. The van der Waals surface area contributed by atoms with Crippen molar-refractivity contribution >= 4 is 30.1 Å². The standard InChI is InChI=1S/C10H18N2O2S.ClH/c1-14-8-2-4-12(5-3-8)10(13)9-6-15-7-11-9;/h8-9,11H,2-7H2,1H3;1H. The van der Waals surface area contributed by atoms with E-state index in [1.807, 2.05) is 4.90 Å². The molecule has 1 unspecified atom stereocenters. The quantitative estimate of drug-likeness (QED) is 0.799. The van der Waals surface area contributed by atoms with E-state index in [0.717, 1.165) is 37.6 Å². The van der Waals surface area contributed by atoms with Gasteiger partial charge in [0, 0.05) is 31.8 Å². The van der Waals surface area contributed by atoms with E-state index in [1.165, 1.54) is 0 Å². The molecule has 2 heterocycles. The maximum Gasteiger partial charge on any atom is 0.240 e. The summed E-state index contributed by atoms with van der Waals surface area (Å²) >= 11 is 1.80. The highest BCUT2D eigenvalue weighted by Gasteiger charge is 2.29. The molecule has 4 nitrogen and oxygen atoms in total. The number of thioether (sulfide) groups is 1. The van der Waals surface area contributed by atoms with Crippen LogP contribution in [0.25, 0.3) is 0 Å². The number of methoxy groups -OCH3 is 1. The zero-order valence-electron chi connectivity index (χ0n) is 9.48. The number of amides is 1. The van der Waals surface area contributed by atoms with Crippen molar-refractivity contribution in [2.75, 3.05) is 31.8 Å². The summed E-state index contributed by atoms with van der Waals surface area (Å²) in [6, 6.07) is 0.0501. The molecule has 0 bridgehead atoms. The van der Waals surface area contributed by atoms with Crippen LogP contribution in [-0.4, -0.2) is 54.8 Å². The Hall–Kier alpha value is 0.0300. The first-order chi connectivity index (χ1) is 7.31. The van der Waals surface area contributed by atoms with Crippen molar-refractivity contribution in [1.82, 2.24) is 10.2 Å². The van der Waals surface area contributed by atoms with E-state index in [1.54, 1.807) is 18.9 Å². The summed E-state index contributed by atoms with van der Waals surface area (Å²) in [6.45, 7) is 1.69. The first-order valence-electron chi connectivity index (χ1n) is 5.44. The molecule has 0 aromatic rings. The third-order valence-corrected chi connectivity index (χ3v) is 4.04. The number of carbonyl (C=O) groups is 1. The van der Waals surface area contributed by atoms with E-state index in [0.29, 0.717) is 6.10 Å². The average Bonchev–Trinajstić information content (AvgIpc) is 2.82. The molecule has 2 fully saturated rings. The van der Waals surface area contributed by atoms with Crippen LogP contribution < -0.4 is 5.32 Å². The Kier molecular flexibility index (Phi) is 5.89. The van der Waals surface area contributed by atoms with Gasteiger partial charge in [-0.25, -0.2) is 0 Å². The van der Waals surface area contributed by atoms with Gasteiger partial charge in [-0.1, -0.05) is 0 Å². The molecule has 2 aliphatic rings. The molecular formula is C10H19ClN2O2S. The molecule has 6 heteroatoms. The predicted molar refractivity (Wildman–Crippen MR) is 68.1 cm³/mol. The summed E-state index contributed by atoms with van der Waals surface area (Å²) < 4.78 is 5.29. The fraction of sp³-hybridized carbons (Fsp3) is 0.900. The molecule has 0 aromatic heterocycles. The highest BCUT2D eigenvalue weighted by atomic mass is 35.5. The van der Waals surface area contributed by atoms with Gasteiger partial charge < -0.3 is 9.64 Å². The van der Waals surface area contributed by atoms with Crippen molar-refractivity contribution in [3.05, 3.63) is 0 Å². The van der Waals surface area contributed by atoms with E-state index < -0.39 is 0 Å². The summed E-state index contributed by atoms with van der Waals surface area (Å²) in [4.78, 5) is 14.0. The fourth-order valence-electron chi connectivity index (χ4n) is 2.09. The lowest BCUT2D eigenvalue weighted by molar-refractivity contribution is -0.134. The molecule has 2 aliphatic heterocycles. The van der Waals surface area contributed by atoms with Gasteiger partial charge >= 0.3 is 0 Å². The van der Waals surface area contributed by atoms with Crippen molar-refractivity contribution in [3.63, 3.8) is 0 Å². The lowest BCUT2D eigenvalue weighted by Gasteiger charge is -2.32. The zero-order valence-corrected chi connectivity index (χ0v) is 11.1. The molecule has 16 heavy (non-hydrogen) atoms. The van der Waals surface area contributed by atoms with Crippen LogP contribution in [0.15, 0.2) is 0 Å². The highest BCUT2D eigenvalue weighted by molar-refractivity contribution is 7.99. The predicted octanol–water partition coefficient (Wildman–Crippen LogP) is 0.708. The molecule has 0 saturated carbocycles.